The lowest BCUT2D eigenvalue weighted by atomic mass is 10.0. The first-order valence-electron chi connectivity index (χ1n) is 9.38. The number of piperidine rings is 1. The van der Waals surface area contributed by atoms with E-state index in [1.54, 1.807) is 18.5 Å². The number of amides is 1. The number of nitrogens with one attached hydrogen (secondary N) is 2. The molecule has 0 unspecified atom stereocenters. The summed E-state index contributed by atoms with van der Waals surface area (Å²) >= 11 is 0. The Morgan fingerprint density at radius 1 is 1.00 bits per heavy atom. The minimum absolute atomic E-state index is 0.0289. The first-order valence-corrected chi connectivity index (χ1v) is 9.38. The van der Waals surface area contributed by atoms with Gasteiger partial charge in [0, 0.05) is 38.4 Å². The largest absolute Gasteiger partial charge is 0.354 e. The summed E-state index contributed by atoms with van der Waals surface area (Å²) in [5.74, 6) is 0.577. The fraction of sp³-hybridized carbons (Fsp3) is 0.450. The second-order valence-electron chi connectivity index (χ2n) is 6.63. The van der Waals surface area contributed by atoms with Gasteiger partial charge >= 0.3 is 0 Å². The molecule has 0 atom stereocenters. The monoisotopic (exact) mass is 353 g/mol. The van der Waals surface area contributed by atoms with Crippen molar-refractivity contribution in [3.05, 3.63) is 53.9 Å². The predicted octanol–water partition coefficient (Wildman–Crippen LogP) is 2.58. The molecule has 1 aromatic carbocycles. The van der Waals surface area contributed by atoms with Crippen molar-refractivity contribution >= 4 is 11.9 Å². The van der Waals surface area contributed by atoms with E-state index in [1.807, 2.05) is 6.07 Å². The quantitative estimate of drug-likeness (QED) is 0.763. The summed E-state index contributed by atoms with van der Waals surface area (Å²) < 4.78 is 0. The van der Waals surface area contributed by atoms with E-state index in [9.17, 15) is 4.79 Å². The fourth-order valence-electron chi connectivity index (χ4n) is 3.20. The number of carbonyl (C=O) groups excluding carboxylic acids is 1. The van der Waals surface area contributed by atoms with E-state index in [4.69, 9.17) is 0 Å². The van der Waals surface area contributed by atoms with Crippen molar-refractivity contribution in [2.24, 2.45) is 0 Å². The molecule has 1 aliphatic heterocycles. The van der Waals surface area contributed by atoms with E-state index in [0.717, 1.165) is 6.54 Å². The number of benzene rings is 1. The summed E-state index contributed by atoms with van der Waals surface area (Å²) in [6.07, 6.45) is 7.67. The van der Waals surface area contributed by atoms with Gasteiger partial charge in [0.1, 0.15) is 0 Å². The molecule has 0 aliphatic carbocycles. The highest BCUT2D eigenvalue weighted by Crippen LogP contribution is 2.16. The van der Waals surface area contributed by atoms with Crippen LogP contribution in [0.1, 0.15) is 36.8 Å². The van der Waals surface area contributed by atoms with E-state index >= 15 is 0 Å². The molecule has 2 heterocycles. The summed E-state index contributed by atoms with van der Waals surface area (Å²) in [6.45, 7) is 4.41. The Kier molecular flexibility index (Phi) is 6.96. The van der Waals surface area contributed by atoms with Crippen LogP contribution in [0, 0.1) is 0 Å². The molecule has 138 valence electrons. The molecule has 0 bridgehead atoms. The van der Waals surface area contributed by atoms with E-state index in [-0.39, 0.29) is 5.91 Å². The molecular weight excluding hydrogens is 326 g/mol. The molecular formula is C20H27N5O. The maximum Gasteiger partial charge on any atom is 0.222 e. The Balaban J connectivity index is 1.44. The summed E-state index contributed by atoms with van der Waals surface area (Å²) in [5.41, 5.74) is 2.51. The van der Waals surface area contributed by atoms with Gasteiger partial charge in [-0.15, -0.1) is 0 Å². The van der Waals surface area contributed by atoms with Gasteiger partial charge in [-0.3, -0.25) is 9.69 Å². The molecule has 6 heteroatoms. The Bertz CT molecular complexity index is 686. The second kappa shape index (κ2) is 9.87. The van der Waals surface area contributed by atoms with Gasteiger partial charge in [-0.1, -0.05) is 30.7 Å². The van der Waals surface area contributed by atoms with Gasteiger partial charge in [0.2, 0.25) is 11.9 Å². The van der Waals surface area contributed by atoms with E-state index < -0.39 is 0 Å². The molecule has 2 aromatic rings. The van der Waals surface area contributed by atoms with Crippen molar-refractivity contribution in [2.75, 3.05) is 25.0 Å². The molecule has 26 heavy (non-hydrogen) atoms. The number of hydrogen-bond donors (Lipinski definition) is 2. The van der Waals surface area contributed by atoms with Crippen molar-refractivity contribution in [1.29, 1.82) is 0 Å². The van der Waals surface area contributed by atoms with Gasteiger partial charge in [-0.2, -0.15) is 0 Å². The van der Waals surface area contributed by atoms with Crippen LogP contribution >= 0.6 is 0 Å². The number of anilines is 1. The van der Waals surface area contributed by atoms with Gasteiger partial charge in [-0.05, 0) is 43.1 Å². The number of aromatic nitrogens is 2. The smallest absolute Gasteiger partial charge is 0.222 e. The van der Waals surface area contributed by atoms with Gasteiger partial charge in [0.25, 0.3) is 0 Å². The molecule has 1 fully saturated rings. The normalized spacial score (nSPS) is 14.8. The Labute approximate surface area is 155 Å². The van der Waals surface area contributed by atoms with Gasteiger partial charge < -0.3 is 10.6 Å². The van der Waals surface area contributed by atoms with Crippen LogP contribution in [-0.2, 0) is 17.9 Å². The maximum atomic E-state index is 12.1. The van der Waals surface area contributed by atoms with Gasteiger partial charge in [0.05, 0.1) is 0 Å². The molecule has 1 amide bonds. The molecule has 1 aromatic heterocycles. The SMILES string of the molecule is O=C(CCNc1ncccn1)NCc1ccccc1CN1CCCCC1. The maximum absolute atomic E-state index is 12.1. The topological polar surface area (TPSA) is 70.1 Å². The third-order valence-electron chi connectivity index (χ3n) is 4.64. The first kappa shape index (κ1) is 18.3. The van der Waals surface area contributed by atoms with Crippen molar-refractivity contribution < 1.29 is 4.79 Å². The van der Waals surface area contributed by atoms with Crippen molar-refractivity contribution in [1.82, 2.24) is 20.2 Å². The average Bonchev–Trinajstić information content (AvgIpc) is 2.69. The highest BCUT2D eigenvalue weighted by atomic mass is 16.1. The fourth-order valence-corrected chi connectivity index (χ4v) is 3.20. The molecule has 1 saturated heterocycles. The van der Waals surface area contributed by atoms with Crippen LogP contribution in [0.25, 0.3) is 0 Å². The predicted molar refractivity (Wildman–Crippen MR) is 103 cm³/mol. The number of nitrogens with zero attached hydrogens (tertiary/aromatic N) is 3. The van der Waals surface area contributed by atoms with Crippen LogP contribution in [0.4, 0.5) is 5.95 Å². The molecule has 0 spiro atoms. The Morgan fingerprint density at radius 3 is 2.50 bits per heavy atom. The summed E-state index contributed by atoms with van der Waals surface area (Å²) in [6, 6.07) is 10.2. The van der Waals surface area contributed by atoms with Crippen LogP contribution < -0.4 is 10.6 Å². The molecule has 0 saturated carbocycles. The molecule has 6 nitrogen and oxygen atoms in total. The summed E-state index contributed by atoms with van der Waals surface area (Å²) in [4.78, 5) is 22.8. The zero-order valence-electron chi connectivity index (χ0n) is 15.2. The lowest BCUT2D eigenvalue weighted by Crippen LogP contribution is -2.30. The number of carbonyl (C=O) groups is 1. The number of likely N-dealkylation sites (tertiary alicyclic amines) is 1. The minimum Gasteiger partial charge on any atom is -0.354 e. The van der Waals surface area contributed by atoms with E-state index in [1.165, 1.54) is 43.5 Å². The third kappa shape index (κ3) is 5.81. The molecule has 2 N–H and O–H groups in total. The zero-order chi connectivity index (χ0) is 18.0. The average molecular weight is 353 g/mol. The van der Waals surface area contributed by atoms with E-state index in [0.29, 0.717) is 25.5 Å². The van der Waals surface area contributed by atoms with Gasteiger partial charge in [-0.25, -0.2) is 9.97 Å². The molecule has 3 rings (SSSR count). The summed E-state index contributed by atoms with van der Waals surface area (Å²) in [7, 11) is 0. The van der Waals surface area contributed by atoms with Crippen molar-refractivity contribution in [3.8, 4) is 0 Å². The Morgan fingerprint density at radius 2 is 1.73 bits per heavy atom. The van der Waals surface area contributed by atoms with Crippen molar-refractivity contribution in [3.63, 3.8) is 0 Å². The Hall–Kier alpha value is -2.47. The van der Waals surface area contributed by atoms with Crippen LogP contribution in [-0.4, -0.2) is 40.4 Å². The van der Waals surface area contributed by atoms with Crippen LogP contribution in [0.15, 0.2) is 42.7 Å². The van der Waals surface area contributed by atoms with Crippen molar-refractivity contribution in [2.45, 2.75) is 38.8 Å². The minimum atomic E-state index is 0.0289. The number of hydrogen-bond acceptors (Lipinski definition) is 5. The lowest BCUT2D eigenvalue weighted by molar-refractivity contribution is -0.121. The number of rotatable bonds is 8. The van der Waals surface area contributed by atoms with Crippen LogP contribution in [0.5, 0.6) is 0 Å². The van der Waals surface area contributed by atoms with Gasteiger partial charge in [0.15, 0.2) is 0 Å². The summed E-state index contributed by atoms with van der Waals surface area (Å²) in [5, 5.41) is 6.07. The second-order valence-corrected chi connectivity index (χ2v) is 6.63. The van der Waals surface area contributed by atoms with E-state index in [2.05, 4.69) is 43.7 Å². The van der Waals surface area contributed by atoms with Crippen LogP contribution in [0.2, 0.25) is 0 Å². The standard InChI is InChI=1S/C20H27N5O/c26-19(9-12-23-20-21-10-6-11-22-20)24-15-17-7-2-3-8-18(17)16-25-13-4-1-5-14-25/h2-3,6-8,10-11H,1,4-5,9,12-16H2,(H,24,26)(H,21,22,23). The highest BCUT2D eigenvalue weighted by Gasteiger charge is 2.12. The third-order valence-corrected chi connectivity index (χ3v) is 4.64. The zero-order valence-corrected chi connectivity index (χ0v) is 15.2. The van der Waals surface area contributed by atoms with Crippen LogP contribution in [0.3, 0.4) is 0 Å². The lowest BCUT2D eigenvalue weighted by Gasteiger charge is -2.27. The first-order chi connectivity index (χ1) is 12.8. The highest BCUT2D eigenvalue weighted by molar-refractivity contribution is 5.76. The molecule has 0 radical (unpaired) electrons. The molecule has 1 aliphatic rings.